The van der Waals surface area contributed by atoms with Gasteiger partial charge in [0.05, 0.1) is 0 Å². The molecule has 0 aromatic rings. The molecule has 0 aliphatic rings. The normalized spacial score (nSPS) is 6.60. The summed E-state index contributed by atoms with van der Waals surface area (Å²) in [6.07, 6.45) is 1.74. The van der Waals surface area contributed by atoms with Gasteiger partial charge in [-0.2, -0.15) is 0 Å². The third-order valence-corrected chi connectivity index (χ3v) is 0.972. The molecule has 0 spiro atoms. The second kappa shape index (κ2) is 4.41. The Morgan fingerprint density at radius 1 is 2.00 bits per heavy atom. The molecule has 1 nitrogen and oxygen atoms in total. The van der Waals surface area contributed by atoms with Gasteiger partial charge in [0, 0.05) is 0 Å². The van der Waals surface area contributed by atoms with Gasteiger partial charge in [0.25, 0.3) is 0 Å². The number of rotatable bonds is 2. The van der Waals surface area contributed by atoms with E-state index in [1.54, 1.807) is 6.08 Å². The van der Waals surface area contributed by atoms with Crippen LogP contribution in [-0.2, 0) is 19.5 Å². The molecular weight excluding hydrogens is 99.9 g/mol. The van der Waals surface area contributed by atoms with Crippen LogP contribution in [0.5, 0.6) is 0 Å². The maximum atomic E-state index is 8.12. The first-order valence-corrected chi connectivity index (χ1v) is 3.20. The predicted molar refractivity (Wildman–Crippen MR) is 17.2 cm³/mol. The first kappa shape index (κ1) is 5.41. The molecule has 0 heterocycles. The Labute approximate surface area is 41.1 Å². The van der Waals surface area contributed by atoms with Gasteiger partial charge in [-0.25, -0.2) is 0 Å². The summed E-state index contributed by atoms with van der Waals surface area (Å²) in [5, 5.41) is 0. The van der Waals surface area contributed by atoms with Gasteiger partial charge in [0.15, 0.2) is 0 Å². The van der Waals surface area contributed by atoms with Crippen molar-refractivity contribution in [3.05, 3.63) is 12.7 Å². The van der Waals surface area contributed by atoms with Gasteiger partial charge in [-0.15, -0.1) is 0 Å². The Balaban J connectivity index is 2.40. The quantitative estimate of drug-likeness (QED) is 0.403. The van der Waals surface area contributed by atoms with Crippen molar-refractivity contribution in [2.24, 2.45) is 0 Å². The maximum absolute atomic E-state index is 8.12. The number of hydrogen-bond donors (Lipinski definition) is 1. The molecule has 28 valence electrons. The van der Waals surface area contributed by atoms with Crippen LogP contribution in [0.15, 0.2) is 12.7 Å². The fraction of sp³-hybridized carbons (Fsp3) is 0.333. The van der Waals surface area contributed by atoms with Crippen LogP contribution in [0.25, 0.3) is 0 Å². The monoisotopic (exact) mass is 106 g/mol. The summed E-state index contributed by atoms with van der Waals surface area (Å²) in [6.45, 7) is 3.42. The van der Waals surface area contributed by atoms with Crippen molar-refractivity contribution in [3.63, 3.8) is 0 Å². The topological polar surface area (TPSA) is 20.2 Å². The Morgan fingerprint density at radius 3 is 2.60 bits per heavy atom. The van der Waals surface area contributed by atoms with E-state index in [2.05, 4.69) is 6.58 Å². The predicted octanol–water partition coefficient (Wildman–Crippen LogP) is 0.581. The van der Waals surface area contributed by atoms with Crippen molar-refractivity contribution in [1.82, 2.24) is 0 Å². The fourth-order valence-corrected chi connectivity index (χ4v) is 0.266. The van der Waals surface area contributed by atoms with Gasteiger partial charge < -0.3 is 0 Å². The van der Waals surface area contributed by atoms with Gasteiger partial charge >= 0.3 is 40.6 Å². The summed E-state index contributed by atoms with van der Waals surface area (Å²) in [7, 11) is 0. The van der Waals surface area contributed by atoms with Gasteiger partial charge in [0.2, 0.25) is 0 Å². The summed E-state index contributed by atoms with van der Waals surface area (Å²) >= 11 is -0.611. The Hall–Kier alpha value is 0.414. The van der Waals surface area contributed by atoms with Crippen LogP contribution in [0.2, 0.25) is 4.73 Å². The molecule has 1 N–H and O–H groups in total. The van der Waals surface area contributed by atoms with Crippen molar-refractivity contribution in [1.29, 1.82) is 0 Å². The van der Waals surface area contributed by atoms with Crippen LogP contribution in [0, 0.1) is 0 Å². The third kappa shape index (κ3) is 4.41. The molecule has 0 amide bonds. The van der Waals surface area contributed by atoms with E-state index in [1.807, 2.05) is 0 Å². The van der Waals surface area contributed by atoms with E-state index < -0.39 is 19.5 Å². The van der Waals surface area contributed by atoms with E-state index in [0.717, 1.165) is 4.73 Å². The fourth-order valence-electron chi connectivity index (χ4n) is 0.0645. The summed E-state index contributed by atoms with van der Waals surface area (Å²) in [4.78, 5) is 0. The number of hydrogen-bond acceptors (Lipinski definition) is 1. The molecule has 0 aromatic heterocycles. The third-order valence-electron chi connectivity index (χ3n) is 0.236. The molecule has 0 unspecified atom stereocenters. The summed E-state index contributed by atoms with van der Waals surface area (Å²) in [5.41, 5.74) is 0. The van der Waals surface area contributed by atoms with Crippen molar-refractivity contribution < 1.29 is 23.2 Å². The SMILES string of the molecule is C=C[CH2][Ti][OH]. The van der Waals surface area contributed by atoms with Crippen LogP contribution >= 0.6 is 0 Å². The van der Waals surface area contributed by atoms with Crippen molar-refractivity contribution in [2.75, 3.05) is 0 Å². The Morgan fingerprint density at radius 2 is 2.60 bits per heavy atom. The van der Waals surface area contributed by atoms with Gasteiger partial charge in [-0.05, 0) is 0 Å². The molecule has 0 rings (SSSR count). The van der Waals surface area contributed by atoms with E-state index in [1.165, 1.54) is 0 Å². The van der Waals surface area contributed by atoms with Crippen LogP contribution < -0.4 is 0 Å². The van der Waals surface area contributed by atoms with Crippen LogP contribution in [0.3, 0.4) is 0 Å². The molecule has 0 aromatic carbocycles. The first-order chi connectivity index (χ1) is 2.41. The van der Waals surface area contributed by atoms with Crippen LogP contribution in [0.1, 0.15) is 0 Å². The molecule has 0 aliphatic carbocycles. The molecule has 0 saturated carbocycles. The van der Waals surface area contributed by atoms with E-state index in [9.17, 15) is 0 Å². The van der Waals surface area contributed by atoms with Crippen molar-refractivity contribution in [3.8, 4) is 0 Å². The molecule has 0 radical (unpaired) electrons. The Bertz CT molecular complexity index is 28.1. The number of allylic oxidation sites excluding steroid dienone is 1. The molecule has 5 heavy (non-hydrogen) atoms. The molecule has 2 heteroatoms. The Kier molecular flexibility index (Phi) is 4.78. The van der Waals surface area contributed by atoms with E-state index in [-0.39, 0.29) is 0 Å². The minimum atomic E-state index is -0.611. The average Bonchev–Trinajstić information content (AvgIpc) is 1.41. The molecular formula is C3H6OTi. The standard InChI is InChI=1S/C3H5.H2O.Ti/c1-3-2;;/h3H,1-2H2;1H2;/q;;+1/p-1. The second-order valence-electron chi connectivity index (χ2n) is 0.651. The van der Waals surface area contributed by atoms with E-state index in [0.29, 0.717) is 0 Å². The zero-order valence-electron chi connectivity index (χ0n) is 2.94. The van der Waals surface area contributed by atoms with Gasteiger partial charge in [-0.1, -0.05) is 0 Å². The molecule has 0 bridgehead atoms. The summed E-state index contributed by atoms with van der Waals surface area (Å²) in [6, 6.07) is 0. The zero-order chi connectivity index (χ0) is 4.12. The molecule has 0 saturated heterocycles. The minimum absolute atomic E-state index is 0.611. The van der Waals surface area contributed by atoms with Gasteiger partial charge in [0.1, 0.15) is 0 Å². The second-order valence-corrected chi connectivity index (χ2v) is 1.78. The van der Waals surface area contributed by atoms with Crippen LogP contribution in [-0.4, -0.2) is 3.69 Å². The van der Waals surface area contributed by atoms with E-state index >= 15 is 0 Å². The summed E-state index contributed by atoms with van der Waals surface area (Å²) < 4.78 is 8.95. The van der Waals surface area contributed by atoms with Crippen molar-refractivity contribution >= 4 is 0 Å². The van der Waals surface area contributed by atoms with Crippen LogP contribution in [0.4, 0.5) is 0 Å². The van der Waals surface area contributed by atoms with E-state index in [4.69, 9.17) is 3.69 Å². The van der Waals surface area contributed by atoms with Crippen molar-refractivity contribution in [2.45, 2.75) is 4.73 Å². The van der Waals surface area contributed by atoms with Gasteiger partial charge in [-0.3, -0.25) is 0 Å². The molecule has 0 atom stereocenters. The molecule has 0 fully saturated rings. The average molecular weight is 106 g/mol. The summed E-state index contributed by atoms with van der Waals surface area (Å²) in [5.74, 6) is 0. The molecule has 0 aliphatic heterocycles. The zero-order valence-corrected chi connectivity index (χ0v) is 4.50. The first-order valence-electron chi connectivity index (χ1n) is 1.39.